The van der Waals surface area contributed by atoms with Gasteiger partial charge in [-0.1, -0.05) is 19.1 Å². The van der Waals surface area contributed by atoms with Gasteiger partial charge in [-0.25, -0.2) is 9.59 Å². The number of rotatable bonds is 5. The van der Waals surface area contributed by atoms with Crippen LogP contribution in [-0.2, 0) is 14.3 Å². The van der Waals surface area contributed by atoms with Crippen LogP contribution in [0.5, 0.6) is 0 Å². The van der Waals surface area contributed by atoms with Gasteiger partial charge in [-0.05, 0) is 33.0 Å². The maximum atomic E-state index is 12.3. The second kappa shape index (κ2) is 10.2. The van der Waals surface area contributed by atoms with Crippen LogP contribution in [0.4, 0.5) is 5.69 Å². The first-order chi connectivity index (χ1) is 13.2. The number of carboxylic acid groups (broad SMARTS) is 1. The molecule has 0 saturated heterocycles. The second-order valence-corrected chi connectivity index (χ2v) is 5.99. The second-order valence-electron chi connectivity index (χ2n) is 5.99. The lowest BCUT2D eigenvalue weighted by molar-refractivity contribution is -0.384. The Bertz CT molecular complexity index is 829. The number of allylic oxidation sites excluding steroid dienone is 2. The minimum Gasteiger partial charge on any atom is -0.478 e. The van der Waals surface area contributed by atoms with Crippen LogP contribution in [0.3, 0.4) is 0 Å². The van der Waals surface area contributed by atoms with Crippen molar-refractivity contribution in [3.63, 3.8) is 0 Å². The molecule has 1 atom stereocenters. The molecule has 0 aliphatic carbocycles. The molecule has 0 spiro atoms. The number of dihydropyridines is 1. The number of ether oxygens (including phenoxy) is 1. The Labute approximate surface area is 163 Å². The Morgan fingerprint density at radius 2 is 1.93 bits per heavy atom. The standard InChI is InChI=1S/C17H18N2O6.C2H7N/c1-4-12-15(17(22)25-3)14(13(16(20)21)9(2)18-12)10-6-5-7-11(8-10)19(23)24;1-3-2/h5-8,14,18H,4H2,1-3H3,(H,20,21);3H,1-2H3. The van der Waals surface area contributed by atoms with Gasteiger partial charge >= 0.3 is 11.9 Å². The number of nitrogens with zero attached hydrogens (tertiary/aromatic N) is 1. The summed E-state index contributed by atoms with van der Waals surface area (Å²) in [5, 5.41) is 26.4. The van der Waals surface area contributed by atoms with E-state index in [4.69, 9.17) is 4.74 Å². The molecule has 1 aromatic carbocycles. The molecule has 1 aliphatic heterocycles. The largest absolute Gasteiger partial charge is 0.478 e. The normalized spacial score (nSPS) is 16.0. The van der Waals surface area contributed by atoms with E-state index in [0.29, 0.717) is 23.4 Å². The lowest BCUT2D eigenvalue weighted by atomic mass is 9.79. The van der Waals surface area contributed by atoms with Crippen molar-refractivity contribution in [3.8, 4) is 0 Å². The molecule has 28 heavy (non-hydrogen) atoms. The Morgan fingerprint density at radius 1 is 1.32 bits per heavy atom. The van der Waals surface area contributed by atoms with Crippen molar-refractivity contribution in [2.75, 3.05) is 21.2 Å². The SMILES string of the molecule is CCC1=C(C(=O)OC)C(c2cccc([N+](=O)[O-])c2)C(C(=O)O)=C(C)N1.CNC. The molecule has 0 saturated carbocycles. The first kappa shape index (κ1) is 22.8. The van der Waals surface area contributed by atoms with Gasteiger partial charge in [0.1, 0.15) is 0 Å². The maximum Gasteiger partial charge on any atom is 0.336 e. The molecule has 1 heterocycles. The zero-order chi connectivity index (χ0) is 21.4. The summed E-state index contributed by atoms with van der Waals surface area (Å²) in [5.74, 6) is -2.84. The third-order valence-corrected chi connectivity index (χ3v) is 4.05. The van der Waals surface area contributed by atoms with Gasteiger partial charge in [0.2, 0.25) is 0 Å². The van der Waals surface area contributed by atoms with Crippen LogP contribution in [0, 0.1) is 10.1 Å². The molecule has 9 nitrogen and oxygen atoms in total. The number of nitro benzene ring substituents is 1. The number of aliphatic carboxylic acids is 1. The van der Waals surface area contributed by atoms with E-state index in [1.54, 1.807) is 13.0 Å². The van der Waals surface area contributed by atoms with Gasteiger partial charge in [0.05, 0.1) is 29.1 Å². The average molecular weight is 391 g/mol. The summed E-state index contributed by atoms with van der Waals surface area (Å²) in [6.07, 6.45) is 0.445. The number of carbonyl (C=O) groups is 2. The van der Waals surface area contributed by atoms with E-state index in [9.17, 15) is 24.8 Å². The lowest BCUT2D eigenvalue weighted by Crippen LogP contribution is -2.32. The van der Waals surface area contributed by atoms with Gasteiger partial charge in [0.25, 0.3) is 5.69 Å². The summed E-state index contributed by atoms with van der Waals surface area (Å²) in [7, 11) is 4.96. The molecule has 0 amide bonds. The third-order valence-electron chi connectivity index (χ3n) is 4.05. The fourth-order valence-electron chi connectivity index (χ4n) is 2.96. The number of benzene rings is 1. The van der Waals surface area contributed by atoms with Crippen LogP contribution in [-0.4, -0.2) is 43.2 Å². The quantitative estimate of drug-likeness (QED) is 0.396. The van der Waals surface area contributed by atoms with Crippen LogP contribution in [0.2, 0.25) is 0 Å². The van der Waals surface area contributed by atoms with Crippen molar-refractivity contribution in [3.05, 3.63) is 62.5 Å². The smallest absolute Gasteiger partial charge is 0.336 e. The molecule has 1 unspecified atom stereocenters. The van der Waals surface area contributed by atoms with E-state index >= 15 is 0 Å². The van der Waals surface area contributed by atoms with Gasteiger partial charge in [0.15, 0.2) is 0 Å². The summed E-state index contributed by atoms with van der Waals surface area (Å²) in [6.45, 7) is 3.41. The molecule has 3 N–H and O–H groups in total. The first-order valence-electron chi connectivity index (χ1n) is 8.58. The number of hydrogen-bond donors (Lipinski definition) is 3. The van der Waals surface area contributed by atoms with E-state index in [1.807, 2.05) is 21.0 Å². The highest BCUT2D eigenvalue weighted by Crippen LogP contribution is 2.40. The van der Waals surface area contributed by atoms with Crippen molar-refractivity contribution in [1.29, 1.82) is 0 Å². The highest BCUT2D eigenvalue weighted by Gasteiger charge is 2.38. The predicted molar refractivity (Wildman–Crippen MR) is 104 cm³/mol. The van der Waals surface area contributed by atoms with E-state index in [0.717, 1.165) is 0 Å². The summed E-state index contributed by atoms with van der Waals surface area (Å²) in [4.78, 5) is 34.7. The highest BCUT2D eigenvalue weighted by molar-refractivity contribution is 5.99. The van der Waals surface area contributed by atoms with Crippen molar-refractivity contribution >= 4 is 17.6 Å². The van der Waals surface area contributed by atoms with Crippen LogP contribution in [0.15, 0.2) is 46.8 Å². The highest BCUT2D eigenvalue weighted by atomic mass is 16.6. The molecule has 9 heteroatoms. The molecule has 0 bridgehead atoms. The van der Waals surface area contributed by atoms with Gasteiger partial charge in [-0.3, -0.25) is 10.1 Å². The van der Waals surface area contributed by atoms with Crippen molar-refractivity contribution < 1.29 is 24.4 Å². The molecule has 0 radical (unpaired) electrons. The summed E-state index contributed by atoms with van der Waals surface area (Å²) in [5.41, 5.74) is 1.19. The molecule has 1 aliphatic rings. The lowest BCUT2D eigenvalue weighted by Gasteiger charge is -2.30. The number of carbonyl (C=O) groups excluding carboxylic acids is 1. The fraction of sp³-hybridized carbons (Fsp3) is 0.368. The first-order valence-corrected chi connectivity index (χ1v) is 8.58. The summed E-state index contributed by atoms with van der Waals surface area (Å²) >= 11 is 0. The van der Waals surface area contributed by atoms with E-state index in [2.05, 4.69) is 10.6 Å². The molecule has 0 aromatic heterocycles. The van der Waals surface area contributed by atoms with Crippen LogP contribution in [0.1, 0.15) is 31.7 Å². The van der Waals surface area contributed by atoms with Crippen LogP contribution < -0.4 is 10.6 Å². The number of esters is 1. The predicted octanol–water partition coefficient (Wildman–Crippen LogP) is 2.31. The monoisotopic (exact) mass is 391 g/mol. The minimum atomic E-state index is -1.21. The Hall–Kier alpha value is -3.20. The zero-order valence-electron chi connectivity index (χ0n) is 16.5. The minimum absolute atomic E-state index is 0.0434. The number of nitrogens with one attached hydrogen (secondary N) is 2. The molecule has 152 valence electrons. The number of methoxy groups -OCH3 is 1. The van der Waals surface area contributed by atoms with E-state index < -0.39 is 22.8 Å². The molecule has 0 fully saturated rings. The van der Waals surface area contributed by atoms with Gasteiger partial charge in [-0.15, -0.1) is 0 Å². The third kappa shape index (κ3) is 4.95. The molecule has 1 aromatic rings. The number of hydrogen-bond acceptors (Lipinski definition) is 7. The Kier molecular flexibility index (Phi) is 8.33. The van der Waals surface area contributed by atoms with Crippen molar-refractivity contribution in [2.45, 2.75) is 26.2 Å². The van der Waals surface area contributed by atoms with E-state index in [1.165, 1.54) is 25.3 Å². The van der Waals surface area contributed by atoms with Crippen LogP contribution in [0.25, 0.3) is 0 Å². The Balaban J connectivity index is 0.00000122. The average Bonchev–Trinajstić information content (AvgIpc) is 2.66. The molecular formula is C19H25N3O6. The zero-order valence-corrected chi connectivity index (χ0v) is 16.5. The van der Waals surface area contributed by atoms with Gasteiger partial charge in [0, 0.05) is 23.5 Å². The number of carboxylic acids is 1. The fourth-order valence-corrected chi connectivity index (χ4v) is 2.96. The topological polar surface area (TPSA) is 131 Å². The summed E-state index contributed by atoms with van der Waals surface area (Å²) in [6, 6.07) is 5.62. The van der Waals surface area contributed by atoms with Crippen LogP contribution >= 0.6 is 0 Å². The Morgan fingerprint density at radius 3 is 2.39 bits per heavy atom. The molecule has 2 rings (SSSR count). The van der Waals surface area contributed by atoms with Crippen molar-refractivity contribution in [1.82, 2.24) is 10.6 Å². The maximum absolute atomic E-state index is 12.3. The van der Waals surface area contributed by atoms with Gasteiger partial charge < -0.3 is 20.5 Å². The molecular weight excluding hydrogens is 366 g/mol. The van der Waals surface area contributed by atoms with Crippen molar-refractivity contribution in [2.24, 2.45) is 0 Å². The number of nitro groups is 1. The summed E-state index contributed by atoms with van der Waals surface area (Å²) < 4.78 is 4.83. The van der Waals surface area contributed by atoms with Gasteiger partial charge in [-0.2, -0.15) is 0 Å². The number of non-ortho nitro benzene ring substituents is 1. The van der Waals surface area contributed by atoms with E-state index in [-0.39, 0.29) is 16.8 Å².